The highest BCUT2D eigenvalue weighted by atomic mass is 31.2. The van der Waals surface area contributed by atoms with Crippen molar-refractivity contribution in [2.24, 2.45) is 0 Å². The summed E-state index contributed by atoms with van der Waals surface area (Å²) in [6.45, 7) is -2.41. The maximum absolute atomic E-state index is 10.9. The zero-order valence-electron chi connectivity index (χ0n) is 9.71. The molecule has 14 heteroatoms. The third kappa shape index (κ3) is 8.15. The van der Waals surface area contributed by atoms with Gasteiger partial charge >= 0.3 is 15.6 Å². The van der Waals surface area contributed by atoms with E-state index in [4.69, 9.17) is 24.7 Å². The molecule has 0 aliphatic rings. The largest absolute Gasteiger partial charge is 0.470 e. The molecular weight excluding hydrogens is 326 g/mol. The second-order valence-corrected chi connectivity index (χ2v) is 5.91. The molecule has 0 saturated carbocycles. The van der Waals surface area contributed by atoms with Crippen LogP contribution in [0.2, 0.25) is 0 Å². The normalized spacial score (nSPS) is 17.6. The van der Waals surface area contributed by atoms with Crippen LogP contribution in [0.15, 0.2) is 0 Å². The standard InChI is InChI=1S/C6H14O12P2/c7-1-3(8)5(9)6(10)4(18-20(14,15)16)2-17-19(11,12)13/h4-7,9-10H,1-2H2,(H2,11,12,13)(H2,14,15,16)/t4-,5-,6+/m1/s1. The Labute approximate surface area is 112 Å². The van der Waals surface area contributed by atoms with Gasteiger partial charge in [-0.2, -0.15) is 0 Å². The van der Waals surface area contributed by atoms with Crippen LogP contribution in [0, 0.1) is 0 Å². The van der Waals surface area contributed by atoms with Crippen LogP contribution >= 0.6 is 15.6 Å². The lowest BCUT2D eigenvalue weighted by atomic mass is 10.1. The van der Waals surface area contributed by atoms with E-state index in [1.807, 2.05) is 0 Å². The quantitative estimate of drug-likeness (QED) is 0.207. The lowest BCUT2D eigenvalue weighted by molar-refractivity contribution is -0.142. The number of phosphoric acid groups is 2. The molecule has 0 saturated heterocycles. The third-order valence-electron chi connectivity index (χ3n) is 1.87. The molecule has 0 aliphatic carbocycles. The van der Waals surface area contributed by atoms with E-state index in [-0.39, 0.29) is 0 Å². The molecule has 120 valence electrons. The molecule has 0 heterocycles. The van der Waals surface area contributed by atoms with E-state index in [2.05, 4.69) is 9.05 Å². The molecule has 0 spiro atoms. The summed E-state index contributed by atoms with van der Waals surface area (Å²) in [5, 5.41) is 27.2. The second kappa shape index (κ2) is 7.69. The van der Waals surface area contributed by atoms with Crippen molar-refractivity contribution in [3.63, 3.8) is 0 Å². The number of carbonyl (C=O) groups is 1. The Bertz CT molecular complexity index is 410. The average Bonchev–Trinajstić information content (AvgIpc) is 2.29. The molecule has 0 aromatic rings. The maximum atomic E-state index is 10.9. The van der Waals surface area contributed by atoms with Crippen LogP contribution < -0.4 is 0 Å². The molecule has 0 aromatic carbocycles. The Morgan fingerprint density at radius 2 is 1.55 bits per heavy atom. The molecule has 0 amide bonds. The fraction of sp³-hybridized carbons (Fsp3) is 0.833. The van der Waals surface area contributed by atoms with E-state index < -0.39 is 53.0 Å². The van der Waals surface area contributed by atoms with Crippen LogP contribution in [0.5, 0.6) is 0 Å². The van der Waals surface area contributed by atoms with Crippen molar-refractivity contribution < 1.29 is 57.9 Å². The number of hydrogen-bond acceptors (Lipinski definition) is 8. The summed E-state index contributed by atoms with van der Waals surface area (Å²) in [7, 11) is -10.3. The van der Waals surface area contributed by atoms with Crippen molar-refractivity contribution in [3.05, 3.63) is 0 Å². The van der Waals surface area contributed by atoms with Gasteiger partial charge in [0.1, 0.15) is 24.9 Å². The van der Waals surface area contributed by atoms with Gasteiger partial charge in [0.2, 0.25) is 0 Å². The minimum Gasteiger partial charge on any atom is -0.388 e. The van der Waals surface area contributed by atoms with E-state index in [0.717, 1.165) is 0 Å². The summed E-state index contributed by atoms with van der Waals surface area (Å²) in [6, 6.07) is 0. The lowest BCUT2D eigenvalue weighted by Gasteiger charge is -2.25. The van der Waals surface area contributed by atoms with E-state index in [0.29, 0.717) is 0 Å². The maximum Gasteiger partial charge on any atom is 0.470 e. The minimum atomic E-state index is -5.21. The Morgan fingerprint density at radius 1 is 1.05 bits per heavy atom. The smallest absolute Gasteiger partial charge is 0.388 e. The van der Waals surface area contributed by atoms with Crippen molar-refractivity contribution in [2.45, 2.75) is 18.3 Å². The van der Waals surface area contributed by atoms with Gasteiger partial charge in [-0.1, -0.05) is 0 Å². The van der Waals surface area contributed by atoms with Gasteiger partial charge in [-0.3, -0.25) is 13.8 Å². The van der Waals surface area contributed by atoms with Crippen molar-refractivity contribution in [1.82, 2.24) is 0 Å². The van der Waals surface area contributed by atoms with E-state index in [1.54, 1.807) is 0 Å². The van der Waals surface area contributed by atoms with Crippen molar-refractivity contribution >= 4 is 21.4 Å². The molecule has 0 rings (SSSR count). The van der Waals surface area contributed by atoms with Crippen LogP contribution in [0.3, 0.4) is 0 Å². The van der Waals surface area contributed by atoms with E-state index in [9.17, 15) is 24.1 Å². The summed E-state index contributed by atoms with van der Waals surface area (Å²) in [6.07, 6.45) is -6.72. The van der Waals surface area contributed by atoms with Gasteiger partial charge in [0.05, 0.1) is 6.61 Å². The minimum absolute atomic E-state index is 1.18. The first-order chi connectivity index (χ1) is 8.87. The number of hydrogen-bond donors (Lipinski definition) is 7. The fourth-order valence-corrected chi connectivity index (χ4v) is 1.91. The van der Waals surface area contributed by atoms with Gasteiger partial charge in [-0.25, -0.2) is 9.13 Å². The van der Waals surface area contributed by atoms with Gasteiger partial charge in [0.25, 0.3) is 0 Å². The number of ketones is 1. The summed E-state index contributed by atoms with van der Waals surface area (Å²) < 4.78 is 28.9. The topological polar surface area (TPSA) is 211 Å². The Morgan fingerprint density at radius 3 is 1.90 bits per heavy atom. The Kier molecular flexibility index (Phi) is 7.60. The molecule has 0 unspecified atom stereocenters. The number of phosphoric ester groups is 2. The lowest BCUT2D eigenvalue weighted by Crippen LogP contribution is -2.46. The molecule has 3 atom stereocenters. The number of Topliss-reactive ketones (excluding diaryl/α,β-unsaturated/α-hetero) is 1. The second-order valence-electron chi connectivity index (χ2n) is 3.48. The van der Waals surface area contributed by atoms with Crippen LogP contribution in [0.1, 0.15) is 0 Å². The van der Waals surface area contributed by atoms with Crippen LogP contribution in [-0.4, -0.2) is 72.2 Å². The molecule has 12 nitrogen and oxygen atoms in total. The molecule has 0 fully saturated rings. The first kappa shape index (κ1) is 19.8. The highest BCUT2D eigenvalue weighted by Crippen LogP contribution is 2.41. The molecule has 0 bridgehead atoms. The highest BCUT2D eigenvalue weighted by Gasteiger charge is 2.37. The SMILES string of the molecule is O=C(CO)[C@@H](O)[C@@H](O)[C@@H](COP(=O)(O)O)OP(=O)(O)O. The molecule has 0 radical (unpaired) electrons. The zero-order valence-corrected chi connectivity index (χ0v) is 11.5. The first-order valence-electron chi connectivity index (χ1n) is 4.81. The third-order valence-corrected chi connectivity index (χ3v) is 2.90. The van der Waals surface area contributed by atoms with Gasteiger partial charge in [0.15, 0.2) is 5.78 Å². The molecule has 7 N–H and O–H groups in total. The van der Waals surface area contributed by atoms with Crippen molar-refractivity contribution in [1.29, 1.82) is 0 Å². The number of rotatable bonds is 9. The summed E-state index contributed by atoms with van der Waals surface area (Å²) in [5.74, 6) is -1.30. The van der Waals surface area contributed by atoms with E-state index in [1.165, 1.54) is 0 Å². The van der Waals surface area contributed by atoms with E-state index >= 15 is 0 Å². The monoisotopic (exact) mass is 340 g/mol. The van der Waals surface area contributed by atoms with Gasteiger partial charge in [0, 0.05) is 0 Å². The predicted octanol–water partition coefficient (Wildman–Crippen LogP) is -3.14. The summed E-state index contributed by atoms with van der Waals surface area (Å²) in [5.41, 5.74) is 0. The van der Waals surface area contributed by atoms with Gasteiger partial charge in [-0.15, -0.1) is 0 Å². The number of aliphatic hydroxyl groups excluding tert-OH is 3. The van der Waals surface area contributed by atoms with Crippen LogP contribution in [0.4, 0.5) is 0 Å². The Hall–Kier alpha value is -0.230. The fourth-order valence-electron chi connectivity index (χ4n) is 1.03. The molecule has 0 aromatic heterocycles. The molecule has 0 aliphatic heterocycles. The summed E-state index contributed by atoms with van der Waals surface area (Å²) in [4.78, 5) is 44.9. The number of carbonyl (C=O) groups excluding carboxylic acids is 1. The first-order valence-corrected chi connectivity index (χ1v) is 7.87. The molecular formula is C6H14O12P2. The predicted molar refractivity (Wildman–Crippen MR) is 59.0 cm³/mol. The number of aliphatic hydroxyl groups is 3. The highest BCUT2D eigenvalue weighted by molar-refractivity contribution is 7.46. The summed E-state index contributed by atoms with van der Waals surface area (Å²) >= 11 is 0. The molecule has 20 heavy (non-hydrogen) atoms. The zero-order chi connectivity index (χ0) is 16.1. The van der Waals surface area contributed by atoms with Crippen LogP contribution in [-0.2, 0) is 23.0 Å². The van der Waals surface area contributed by atoms with Crippen molar-refractivity contribution in [2.75, 3.05) is 13.2 Å². The average molecular weight is 340 g/mol. The van der Waals surface area contributed by atoms with Crippen molar-refractivity contribution in [3.8, 4) is 0 Å². The van der Waals surface area contributed by atoms with Crippen LogP contribution in [0.25, 0.3) is 0 Å². The van der Waals surface area contributed by atoms with Gasteiger partial charge < -0.3 is 34.9 Å². The Balaban J connectivity index is 4.96. The van der Waals surface area contributed by atoms with Gasteiger partial charge in [-0.05, 0) is 0 Å².